The highest BCUT2D eigenvalue weighted by Gasteiger charge is 2.30. The number of aliphatic imine (C=N–C) groups is 1. The van der Waals surface area contributed by atoms with Gasteiger partial charge in [-0.3, -0.25) is 4.99 Å². The van der Waals surface area contributed by atoms with E-state index in [4.69, 9.17) is 5.73 Å². The van der Waals surface area contributed by atoms with E-state index in [0.717, 1.165) is 0 Å². The van der Waals surface area contributed by atoms with E-state index >= 15 is 0 Å². The summed E-state index contributed by atoms with van der Waals surface area (Å²) >= 11 is 0. The lowest BCUT2D eigenvalue weighted by molar-refractivity contribution is 0.601. The quantitative estimate of drug-likeness (QED) is 0.551. The van der Waals surface area contributed by atoms with Gasteiger partial charge in [-0.1, -0.05) is 13.8 Å². The third-order valence-corrected chi connectivity index (χ3v) is 4.06. The summed E-state index contributed by atoms with van der Waals surface area (Å²) in [6, 6.07) is 0. The first-order valence-electron chi connectivity index (χ1n) is 4.91. The molecule has 1 aliphatic rings. The standard InChI is InChI=1S/C9H18N2O2S/c1-7(2)5-11-9(10)8-3-4-14(12,13)6-8/h7-8H,3-6H2,1-2H3,(H2,10,11). The van der Waals surface area contributed by atoms with Gasteiger partial charge in [-0.05, 0) is 12.3 Å². The largest absolute Gasteiger partial charge is 0.387 e. The summed E-state index contributed by atoms with van der Waals surface area (Å²) in [5.41, 5.74) is 5.73. The maximum atomic E-state index is 11.2. The van der Waals surface area contributed by atoms with Crippen LogP contribution in [0.1, 0.15) is 20.3 Å². The second-order valence-electron chi connectivity index (χ2n) is 4.26. The van der Waals surface area contributed by atoms with Crippen LogP contribution >= 0.6 is 0 Å². The topological polar surface area (TPSA) is 72.5 Å². The lowest BCUT2D eigenvalue weighted by atomic mass is 10.1. The van der Waals surface area contributed by atoms with Crippen LogP contribution in [0.5, 0.6) is 0 Å². The van der Waals surface area contributed by atoms with Crippen molar-refractivity contribution in [2.24, 2.45) is 22.6 Å². The zero-order chi connectivity index (χ0) is 10.8. The van der Waals surface area contributed by atoms with Crippen LogP contribution < -0.4 is 5.73 Å². The molecule has 1 unspecified atom stereocenters. The van der Waals surface area contributed by atoms with Crippen molar-refractivity contribution < 1.29 is 8.42 Å². The molecule has 2 N–H and O–H groups in total. The highest BCUT2D eigenvalue weighted by atomic mass is 32.2. The van der Waals surface area contributed by atoms with Crippen LogP contribution in [0, 0.1) is 11.8 Å². The Morgan fingerprint density at radius 2 is 2.21 bits per heavy atom. The summed E-state index contributed by atoms with van der Waals surface area (Å²) in [7, 11) is -2.84. The summed E-state index contributed by atoms with van der Waals surface area (Å²) in [5, 5.41) is 0. The Balaban J connectivity index is 2.55. The van der Waals surface area contributed by atoms with Gasteiger partial charge >= 0.3 is 0 Å². The summed E-state index contributed by atoms with van der Waals surface area (Å²) < 4.78 is 22.3. The molecule has 0 aromatic heterocycles. The molecule has 4 nitrogen and oxygen atoms in total. The number of sulfone groups is 1. The number of amidine groups is 1. The van der Waals surface area contributed by atoms with Gasteiger partial charge in [-0.2, -0.15) is 0 Å². The van der Waals surface area contributed by atoms with Crippen molar-refractivity contribution >= 4 is 15.7 Å². The van der Waals surface area contributed by atoms with Crippen molar-refractivity contribution in [1.29, 1.82) is 0 Å². The molecule has 14 heavy (non-hydrogen) atoms. The molecule has 0 bridgehead atoms. The first kappa shape index (κ1) is 11.5. The van der Waals surface area contributed by atoms with Crippen LogP contribution in [0.25, 0.3) is 0 Å². The minimum Gasteiger partial charge on any atom is -0.387 e. The zero-order valence-corrected chi connectivity index (χ0v) is 9.55. The fourth-order valence-corrected chi connectivity index (χ4v) is 3.21. The summed E-state index contributed by atoms with van der Waals surface area (Å²) in [6.07, 6.45) is 0.635. The summed E-state index contributed by atoms with van der Waals surface area (Å²) in [6.45, 7) is 4.80. The van der Waals surface area contributed by atoms with Gasteiger partial charge in [0, 0.05) is 12.5 Å². The molecule has 1 rings (SSSR count). The molecule has 0 radical (unpaired) electrons. The van der Waals surface area contributed by atoms with Crippen molar-refractivity contribution in [1.82, 2.24) is 0 Å². The molecule has 5 heteroatoms. The molecule has 1 heterocycles. The van der Waals surface area contributed by atoms with E-state index in [0.29, 0.717) is 24.7 Å². The lowest BCUT2D eigenvalue weighted by Gasteiger charge is -2.07. The second-order valence-corrected chi connectivity index (χ2v) is 6.49. The maximum Gasteiger partial charge on any atom is 0.151 e. The molecule has 0 amide bonds. The Morgan fingerprint density at radius 3 is 2.64 bits per heavy atom. The van der Waals surface area contributed by atoms with Gasteiger partial charge in [0.25, 0.3) is 0 Å². The lowest BCUT2D eigenvalue weighted by Crippen LogP contribution is -2.25. The predicted molar refractivity (Wildman–Crippen MR) is 58.1 cm³/mol. The Hall–Kier alpha value is -0.580. The molecule has 1 fully saturated rings. The van der Waals surface area contributed by atoms with Crippen molar-refractivity contribution in [3.63, 3.8) is 0 Å². The average Bonchev–Trinajstić information content (AvgIpc) is 2.41. The minimum absolute atomic E-state index is 0.0428. The third-order valence-electron chi connectivity index (χ3n) is 2.29. The molecule has 0 aromatic carbocycles. The van der Waals surface area contributed by atoms with Crippen LogP contribution in [-0.2, 0) is 9.84 Å². The van der Waals surface area contributed by atoms with Crippen molar-refractivity contribution in [3.8, 4) is 0 Å². The average molecular weight is 218 g/mol. The number of nitrogens with zero attached hydrogens (tertiary/aromatic N) is 1. The molecule has 1 aliphatic heterocycles. The van der Waals surface area contributed by atoms with E-state index in [1.165, 1.54) is 0 Å². The zero-order valence-electron chi connectivity index (χ0n) is 8.73. The van der Waals surface area contributed by atoms with Crippen LogP contribution in [0.3, 0.4) is 0 Å². The van der Waals surface area contributed by atoms with E-state index in [9.17, 15) is 8.42 Å². The monoisotopic (exact) mass is 218 g/mol. The van der Waals surface area contributed by atoms with Gasteiger partial charge in [-0.15, -0.1) is 0 Å². The first-order chi connectivity index (χ1) is 6.41. The summed E-state index contributed by atoms with van der Waals surface area (Å²) in [4.78, 5) is 4.20. The second kappa shape index (κ2) is 4.29. The van der Waals surface area contributed by atoms with Gasteiger partial charge in [-0.25, -0.2) is 8.42 Å². The Kier molecular flexibility index (Phi) is 3.53. The maximum absolute atomic E-state index is 11.2. The SMILES string of the molecule is CC(C)CN=C(N)C1CCS(=O)(=O)C1. The Labute approximate surface area is 85.5 Å². The molecular formula is C9H18N2O2S. The number of hydrogen-bond acceptors (Lipinski definition) is 3. The highest BCUT2D eigenvalue weighted by molar-refractivity contribution is 7.91. The number of nitrogens with two attached hydrogens (primary N) is 1. The first-order valence-corrected chi connectivity index (χ1v) is 6.73. The fraction of sp³-hybridized carbons (Fsp3) is 0.889. The van der Waals surface area contributed by atoms with E-state index in [1.54, 1.807) is 0 Å². The van der Waals surface area contributed by atoms with Gasteiger partial charge in [0.1, 0.15) is 0 Å². The van der Waals surface area contributed by atoms with Crippen molar-refractivity contribution in [2.75, 3.05) is 18.1 Å². The third kappa shape index (κ3) is 3.29. The Morgan fingerprint density at radius 1 is 1.57 bits per heavy atom. The smallest absolute Gasteiger partial charge is 0.151 e. The van der Waals surface area contributed by atoms with E-state index in [1.807, 2.05) is 0 Å². The van der Waals surface area contributed by atoms with Crippen LogP contribution in [0.15, 0.2) is 4.99 Å². The van der Waals surface area contributed by atoms with Gasteiger partial charge < -0.3 is 5.73 Å². The van der Waals surface area contributed by atoms with E-state index in [2.05, 4.69) is 18.8 Å². The van der Waals surface area contributed by atoms with Gasteiger partial charge in [0.05, 0.1) is 17.3 Å². The number of hydrogen-bond donors (Lipinski definition) is 1. The summed E-state index contributed by atoms with van der Waals surface area (Å²) in [5.74, 6) is 1.38. The highest BCUT2D eigenvalue weighted by Crippen LogP contribution is 2.18. The fourth-order valence-electron chi connectivity index (χ4n) is 1.45. The van der Waals surface area contributed by atoms with Crippen molar-refractivity contribution in [2.45, 2.75) is 20.3 Å². The van der Waals surface area contributed by atoms with E-state index in [-0.39, 0.29) is 17.4 Å². The number of rotatable bonds is 3. The van der Waals surface area contributed by atoms with Crippen LogP contribution in [0.4, 0.5) is 0 Å². The van der Waals surface area contributed by atoms with Crippen LogP contribution in [-0.4, -0.2) is 32.3 Å². The normalized spacial score (nSPS) is 27.1. The molecule has 1 atom stereocenters. The molecular weight excluding hydrogens is 200 g/mol. The molecule has 0 aliphatic carbocycles. The van der Waals surface area contributed by atoms with E-state index < -0.39 is 9.84 Å². The minimum atomic E-state index is -2.84. The van der Waals surface area contributed by atoms with Crippen LogP contribution in [0.2, 0.25) is 0 Å². The Bertz CT molecular complexity index is 320. The molecule has 1 saturated heterocycles. The van der Waals surface area contributed by atoms with Gasteiger partial charge in [0.2, 0.25) is 0 Å². The predicted octanol–water partition coefficient (Wildman–Crippen LogP) is 0.434. The molecule has 0 spiro atoms. The molecule has 0 saturated carbocycles. The van der Waals surface area contributed by atoms with Crippen molar-refractivity contribution in [3.05, 3.63) is 0 Å². The molecule has 0 aromatic rings. The molecule has 82 valence electrons. The van der Waals surface area contributed by atoms with Gasteiger partial charge in [0.15, 0.2) is 9.84 Å².